The van der Waals surface area contributed by atoms with E-state index in [1.165, 1.54) is 250 Å². The molecule has 0 radical (unpaired) electrons. The first kappa shape index (κ1) is 97.1. The first-order valence-electron chi connectivity index (χ1n) is 41.7. The van der Waals surface area contributed by atoms with Crippen molar-refractivity contribution in [3.63, 3.8) is 0 Å². The van der Waals surface area contributed by atoms with Crippen molar-refractivity contribution in [2.75, 3.05) is 39.6 Å². The first-order valence-corrected chi connectivity index (χ1v) is 44.7. The van der Waals surface area contributed by atoms with Crippen LogP contribution in [0.2, 0.25) is 0 Å². The minimum atomic E-state index is -4.96. The number of hydrogen-bond donors (Lipinski definition) is 3. The zero-order valence-corrected chi connectivity index (χ0v) is 66.4. The Labute approximate surface area is 607 Å². The van der Waals surface area contributed by atoms with Gasteiger partial charge in [-0.1, -0.05) is 375 Å². The summed E-state index contributed by atoms with van der Waals surface area (Å²) in [7, 11) is -9.91. The highest BCUT2D eigenvalue weighted by atomic mass is 31.2. The van der Waals surface area contributed by atoms with Gasteiger partial charge in [0.05, 0.1) is 26.4 Å². The summed E-state index contributed by atoms with van der Waals surface area (Å²) in [6, 6.07) is 0. The molecule has 0 saturated carbocycles. The molecule has 0 amide bonds. The minimum absolute atomic E-state index is 0.107. The first-order chi connectivity index (χ1) is 48.1. The molecule has 99 heavy (non-hydrogen) atoms. The molecule has 0 bridgehead atoms. The smallest absolute Gasteiger partial charge is 0.462 e. The second kappa shape index (κ2) is 73.0. The molecule has 0 saturated heterocycles. The van der Waals surface area contributed by atoms with E-state index < -0.39 is 97.5 Å². The number of aliphatic hydroxyl groups is 1. The lowest BCUT2D eigenvalue weighted by atomic mass is 9.99. The third-order valence-electron chi connectivity index (χ3n) is 19.1. The van der Waals surface area contributed by atoms with E-state index in [-0.39, 0.29) is 25.7 Å². The van der Waals surface area contributed by atoms with Gasteiger partial charge in [0.15, 0.2) is 12.2 Å². The second-order valence-electron chi connectivity index (χ2n) is 29.1. The zero-order valence-electron chi connectivity index (χ0n) is 64.6. The van der Waals surface area contributed by atoms with Crippen LogP contribution < -0.4 is 0 Å². The van der Waals surface area contributed by atoms with E-state index in [0.29, 0.717) is 25.7 Å². The van der Waals surface area contributed by atoms with Gasteiger partial charge in [-0.15, -0.1) is 0 Å². The van der Waals surface area contributed by atoms with Gasteiger partial charge in [0.2, 0.25) is 0 Å². The molecule has 0 aromatic heterocycles. The Hall–Kier alpha value is -1.94. The lowest BCUT2D eigenvalue weighted by molar-refractivity contribution is -0.161. The third kappa shape index (κ3) is 72.8. The quantitative estimate of drug-likeness (QED) is 0.0222. The molecular weight excluding hydrogens is 1290 g/mol. The summed E-state index contributed by atoms with van der Waals surface area (Å²) in [4.78, 5) is 72.9. The fourth-order valence-electron chi connectivity index (χ4n) is 12.4. The number of phosphoric ester groups is 2. The molecule has 6 atom stereocenters. The average molecular weight is 1450 g/mol. The van der Waals surface area contributed by atoms with Gasteiger partial charge < -0.3 is 33.8 Å². The Bertz CT molecular complexity index is 1890. The van der Waals surface area contributed by atoms with Gasteiger partial charge in [0.1, 0.15) is 19.3 Å². The molecule has 0 aliphatic rings. The lowest BCUT2D eigenvalue weighted by Crippen LogP contribution is -2.30. The number of ether oxygens (including phenoxy) is 4. The molecular formula is C80H156O17P2. The molecule has 0 aliphatic heterocycles. The van der Waals surface area contributed by atoms with Crippen LogP contribution in [0.4, 0.5) is 0 Å². The summed E-state index contributed by atoms with van der Waals surface area (Å²) in [6.07, 6.45) is 63.7. The van der Waals surface area contributed by atoms with Crippen molar-refractivity contribution >= 4 is 39.5 Å². The molecule has 0 spiro atoms. The van der Waals surface area contributed by atoms with Gasteiger partial charge >= 0.3 is 39.5 Å². The molecule has 3 unspecified atom stereocenters. The number of esters is 4. The molecule has 0 aromatic rings. The Balaban J connectivity index is 5.19. The minimum Gasteiger partial charge on any atom is -0.462 e. The molecule has 0 heterocycles. The van der Waals surface area contributed by atoms with Gasteiger partial charge in [-0.05, 0) is 31.6 Å². The van der Waals surface area contributed by atoms with Gasteiger partial charge in [-0.3, -0.25) is 37.3 Å². The SMILES string of the molecule is CCCCCCCCCCCCCCCCCCC(=O)OC[C@H](COP(=O)(O)OC[C@@H](O)COP(=O)(O)OC[C@@H](COC(=O)CCCCCCCCCCCC)OC(=O)CCCCCCCCCCCCC)OC(=O)CCCCCCCCCCCCCCCCCCCCC(C)CC. The predicted octanol–water partition coefficient (Wildman–Crippen LogP) is 24.0. The number of carbonyl (C=O) groups excluding carboxylic acids is 4. The van der Waals surface area contributed by atoms with Gasteiger partial charge in [-0.25, -0.2) is 9.13 Å². The highest BCUT2D eigenvalue weighted by Gasteiger charge is 2.30. The summed E-state index contributed by atoms with van der Waals surface area (Å²) in [5.74, 6) is -1.24. The van der Waals surface area contributed by atoms with Crippen molar-refractivity contribution in [3.05, 3.63) is 0 Å². The number of phosphoric acid groups is 2. The van der Waals surface area contributed by atoms with Crippen LogP contribution >= 0.6 is 15.6 Å². The Morgan fingerprint density at radius 3 is 0.717 bits per heavy atom. The molecule has 0 fully saturated rings. The van der Waals surface area contributed by atoms with E-state index in [9.17, 15) is 43.2 Å². The molecule has 17 nitrogen and oxygen atoms in total. The Morgan fingerprint density at radius 1 is 0.283 bits per heavy atom. The van der Waals surface area contributed by atoms with E-state index in [0.717, 1.165) is 95.8 Å². The summed E-state index contributed by atoms with van der Waals surface area (Å²) in [5, 5.41) is 10.6. The molecule has 3 N–H and O–H groups in total. The molecule has 0 aliphatic carbocycles. The van der Waals surface area contributed by atoms with Crippen LogP contribution in [0.25, 0.3) is 0 Å². The number of aliphatic hydroxyl groups excluding tert-OH is 1. The predicted molar refractivity (Wildman–Crippen MR) is 405 cm³/mol. The van der Waals surface area contributed by atoms with E-state index in [1.54, 1.807) is 0 Å². The molecule has 19 heteroatoms. The zero-order chi connectivity index (χ0) is 72.7. The Kier molecular flexibility index (Phi) is 71.6. The Morgan fingerprint density at radius 2 is 0.485 bits per heavy atom. The number of rotatable bonds is 80. The highest BCUT2D eigenvalue weighted by molar-refractivity contribution is 7.47. The van der Waals surface area contributed by atoms with Crippen LogP contribution in [-0.4, -0.2) is 96.7 Å². The van der Waals surface area contributed by atoms with E-state index in [4.69, 9.17) is 37.0 Å². The third-order valence-corrected chi connectivity index (χ3v) is 21.0. The van der Waals surface area contributed by atoms with Crippen LogP contribution in [0, 0.1) is 5.92 Å². The monoisotopic (exact) mass is 1450 g/mol. The van der Waals surface area contributed by atoms with Crippen molar-refractivity contribution in [2.24, 2.45) is 5.92 Å². The van der Waals surface area contributed by atoms with Crippen LogP contribution in [0.1, 0.15) is 426 Å². The second-order valence-corrected chi connectivity index (χ2v) is 32.0. The van der Waals surface area contributed by atoms with Crippen molar-refractivity contribution in [1.29, 1.82) is 0 Å². The van der Waals surface area contributed by atoms with Gasteiger partial charge in [0, 0.05) is 25.7 Å². The molecule has 588 valence electrons. The highest BCUT2D eigenvalue weighted by Crippen LogP contribution is 2.45. The molecule has 0 aromatic carbocycles. The summed E-state index contributed by atoms with van der Waals surface area (Å²) in [5.41, 5.74) is 0. The fraction of sp³-hybridized carbons (Fsp3) is 0.950. The number of unbranched alkanes of at least 4 members (excludes halogenated alkanes) is 51. The summed E-state index contributed by atoms with van der Waals surface area (Å²) < 4.78 is 68.6. The largest absolute Gasteiger partial charge is 0.472 e. The standard InChI is InChI=1S/C80H156O17P2/c1-6-10-13-16-19-22-25-26-27-33-36-40-44-49-54-59-64-78(83)91-70-76(97-80(85)66-61-56-51-46-41-37-34-31-29-28-30-32-35-39-42-47-52-57-62-73(5)9-4)72-95-99(88,89)93-68-74(81)67-92-98(86,87)94-71-75(69-90-77(82)63-58-53-48-43-24-21-18-15-12-8-3)96-79(84)65-60-55-50-45-38-23-20-17-14-11-7-2/h73-76,81H,6-72H2,1-5H3,(H,86,87)(H,88,89)/t73?,74-,75+,76+/m0/s1. The maximum Gasteiger partial charge on any atom is 0.472 e. The van der Waals surface area contributed by atoms with Gasteiger partial charge in [0.25, 0.3) is 0 Å². The van der Waals surface area contributed by atoms with Crippen LogP contribution in [0.5, 0.6) is 0 Å². The number of hydrogen-bond acceptors (Lipinski definition) is 15. The average Bonchev–Trinajstić information content (AvgIpc) is 1.11. The summed E-state index contributed by atoms with van der Waals surface area (Å²) >= 11 is 0. The normalized spacial score (nSPS) is 14.1. The fourth-order valence-corrected chi connectivity index (χ4v) is 14.0. The van der Waals surface area contributed by atoms with Crippen molar-refractivity contribution in [3.8, 4) is 0 Å². The van der Waals surface area contributed by atoms with Crippen LogP contribution in [0.3, 0.4) is 0 Å². The summed E-state index contributed by atoms with van der Waals surface area (Å²) in [6.45, 7) is 7.38. The maximum atomic E-state index is 13.1. The van der Waals surface area contributed by atoms with Crippen molar-refractivity contribution in [1.82, 2.24) is 0 Å². The topological polar surface area (TPSA) is 237 Å². The van der Waals surface area contributed by atoms with Crippen LogP contribution in [-0.2, 0) is 65.4 Å². The van der Waals surface area contributed by atoms with Crippen molar-refractivity contribution in [2.45, 2.75) is 445 Å². The van der Waals surface area contributed by atoms with Crippen LogP contribution in [0.15, 0.2) is 0 Å². The van der Waals surface area contributed by atoms with Crippen molar-refractivity contribution < 1.29 is 80.2 Å². The van der Waals surface area contributed by atoms with E-state index in [2.05, 4.69) is 34.6 Å². The lowest BCUT2D eigenvalue weighted by Gasteiger charge is -2.21. The maximum absolute atomic E-state index is 13.1. The number of carbonyl (C=O) groups is 4. The van der Waals surface area contributed by atoms with Gasteiger partial charge in [-0.2, -0.15) is 0 Å². The molecule has 0 rings (SSSR count). The van der Waals surface area contributed by atoms with E-state index in [1.807, 2.05) is 0 Å². The van der Waals surface area contributed by atoms with E-state index >= 15 is 0 Å².